The van der Waals surface area contributed by atoms with Crippen molar-refractivity contribution in [2.45, 2.75) is 26.8 Å². The van der Waals surface area contributed by atoms with E-state index < -0.39 is 0 Å². The summed E-state index contributed by atoms with van der Waals surface area (Å²) in [5.41, 5.74) is 5.59. The Balaban J connectivity index is 1.52. The largest absolute Gasteiger partial charge is 0.335 e. The lowest BCUT2D eigenvalue weighted by Crippen LogP contribution is -2.30. The van der Waals surface area contributed by atoms with Gasteiger partial charge in [-0.15, -0.1) is 0 Å². The molecule has 0 saturated carbocycles. The molecule has 1 N–H and O–H groups in total. The summed E-state index contributed by atoms with van der Waals surface area (Å²) in [7, 11) is 1.78. The van der Waals surface area contributed by atoms with Crippen LogP contribution in [0.1, 0.15) is 50.5 Å². The number of nitrogens with zero attached hydrogens (tertiary/aromatic N) is 3. The number of aryl methyl sites for hydroxylation is 1. The van der Waals surface area contributed by atoms with Crippen LogP contribution in [0.15, 0.2) is 85.1 Å². The molecule has 0 aliphatic heterocycles. The SMILES string of the molecule is Cc1ccccc1-n1ncc(C(=O)N(C)C(C)c2cccc(NC(=O)c3ccccc3)c2)c1C. The fraction of sp³-hybridized carbons (Fsp3) is 0.179. The lowest BCUT2D eigenvalue weighted by atomic mass is 10.1. The first-order valence-corrected chi connectivity index (χ1v) is 11.2. The molecule has 0 spiro atoms. The van der Waals surface area contributed by atoms with Crippen LogP contribution < -0.4 is 5.32 Å². The Morgan fingerprint density at radius 1 is 0.941 bits per heavy atom. The second-order valence-corrected chi connectivity index (χ2v) is 8.38. The van der Waals surface area contributed by atoms with Crippen molar-refractivity contribution in [3.63, 3.8) is 0 Å². The van der Waals surface area contributed by atoms with E-state index >= 15 is 0 Å². The van der Waals surface area contributed by atoms with Crippen molar-refractivity contribution in [3.05, 3.63) is 113 Å². The van der Waals surface area contributed by atoms with Crippen molar-refractivity contribution in [2.24, 2.45) is 0 Å². The number of hydrogen-bond acceptors (Lipinski definition) is 3. The lowest BCUT2D eigenvalue weighted by molar-refractivity contribution is 0.0741. The number of hydrogen-bond donors (Lipinski definition) is 1. The van der Waals surface area contributed by atoms with Crippen molar-refractivity contribution in [1.82, 2.24) is 14.7 Å². The van der Waals surface area contributed by atoms with Crippen LogP contribution in [-0.4, -0.2) is 33.5 Å². The number of rotatable bonds is 6. The highest BCUT2D eigenvalue weighted by atomic mass is 16.2. The monoisotopic (exact) mass is 452 g/mol. The maximum absolute atomic E-state index is 13.4. The third kappa shape index (κ3) is 4.62. The predicted octanol–water partition coefficient (Wildman–Crippen LogP) is 5.57. The number of nitrogens with one attached hydrogen (secondary N) is 1. The van der Waals surface area contributed by atoms with E-state index in [4.69, 9.17) is 0 Å². The Bertz CT molecular complexity index is 1330. The molecule has 6 heteroatoms. The average Bonchev–Trinajstić information content (AvgIpc) is 3.24. The maximum Gasteiger partial charge on any atom is 0.257 e. The molecule has 1 atom stereocenters. The number of anilines is 1. The van der Waals surface area contributed by atoms with Crippen molar-refractivity contribution < 1.29 is 9.59 Å². The standard InChI is InChI=1S/C28H28N4O2/c1-19-11-8-9-16-26(19)32-21(3)25(18-29-32)28(34)31(4)20(2)23-14-10-15-24(17-23)30-27(33)22-12-6-5-7-13-22/h5-18,20H,1-4H3,(H,30,33). The van der Waals surface area contributed by atoms with E-state index in [0.29, 0.717) is 16.8 Å². The van der Waals surface area contributed by atoms with E-state index in [9.17, 15) is 9.59 Å². The molecule has 1 heterocycles. The van der Waals surface area contributed by atoms with Gasteiger partial charge < -0.3 is 10.2 Å². The third-order valence-electron chi connectivity index (χ3n) is 6.15. The molecule has 4 rings (SSSR count). The summed E-state index contributed by atoms with van der Waals surface area (Å²) in [5.74, 6) is -0.280. The summed E-state index contributed by atoms with van der Waals surface area (Å²) in [6, 6.07) is 24.4. The van der Waals surface area contributed by atoms with Crippen LogP contribution in [0, 0.1) is 13.8 Å². The highest BCUT2D eigenvalue weighted by molar-refractivity contribution is 6.04. The number of amides is 2. The third-order valence-corrected chi connectivity index (χ3v) is 6.15. The molecule has 0 aliphatic carbocycles. The van der Waals surface area contributed by atoms with Crippen molar-refractivity contribution >= 4 is 17.5 Å². The molecule has 3 aromatic carbocycles. The van der Waals surface area contributed by atoms with Gasteiger partial charge in [-0.25, -0.2) is 4.68 Å². The molecule has 4 aromatic rings. The molecule has 6 nitrogen and oxygen atoms in total. The minimum absolute atomic E-state index is 0.108. The number of carbonyl (C=O) groups is 2. The molecule has 2 amide bonds. The Labute approximate surface area is 199 Å². The normalized spacial score (nSPS) is 11.6. The summed E-state index contributed by atoms with van der Waals surface area (Å²) < 4.78 is 1.81. The Morgan fingerprint density at radius 2 is 1.65 bits per heavy atom. The number of para-hydroxylation sites is 1. The van der Waals surface area contributed by atoms with E-state index in [-0.39, 0.29) is 17.9 Å². The van der Waals surface area contributed by atoms with Gasteiger partial charge in [0.25, 0.3) is 11.8 Å². The Kier molecular flexibility index (Phi) is 6.59. The topological polar surface area (TPSA) is 67.2 Å². The lowest BCUT2D eigenvalue weighted by Gasteiger charge is -2.25. The van der Waals surface area contributed by atoms with Crippen LogP contribution >= 0.6 is 0 Å². The number of benzene rings is 3. The maximum atomic E-state index is 13.4. The summed E-state index contributed by atoms with van der Waals surface area (Å²) in [4.78, 5) is 27.6. The molecule has 0 aliphatic rings. The smallest absolute Gasteiger partial charge is 0.257 e. The molecular weight excluding hydrogens is 424 g/mol. The molecule has 34 heavy (non-hydrogen) atoms. The van der Waals surface area contributed by atoms with Crippen LogP contribution in [0.3, 0.4) is 0 Å². The molecule has 0 radical (unpaired) electrons. The van der Waals surface area contributed by atoms with E-state index in [1.807, 2.05) is 87.5 Å². The molecule has 0 saturated heterocycles. The quantitative estimate of drug-likeness (QED) is 0.416. The minimum Gasteiger partial charge on any atom is -0.335 e. The predicted molar refractivity (Wildman–Crippen MR) is 134 cm³/mol. The van der Waals surface area contributed by atoms with Crippen molar-refractivity contribution in [1.29, 1.82) is 0 Å². The van der Waals surface area contributed by atoms with Gasteiger partial charge in [0.1, 0.15) is 0 Å². The molecular formula is C28H28N4O2. The van der Waals surface area contributed by atoms with Gasteiger partial charge in [-0.1, -0.05) is 48.5 Å². The van der Waals surface area contributed by atoms with Gasteiger partial charge in [-0.2, -0.15) is 5.10 Å². The first-order valence-electron chi connectivity index (χ1n) is 11.2. The van der Waals surface area contributed by atoms with Crippen LogP contribution in [0.25, 0.3) is 5.69 Å². The van der Waals surface area contributed by atoms with Gasteiger partial charge >= 0.3 is 0 Å². The van der Waals surface area contributed by atoms with Gasteiger partial charge in [0.05, 0.1) is 29.2 Å². The van der Waals surface area contributed by atoms with Crippen LogP contribution in [-0.2, 0) is 0 Å². The van der Waals surface area contributed by atoms with E-state index in [1.54, 1.807) is 35.0 Å². The molecule has 1 aromatic heterocycles. The highest BCUT2D eigenvalue weighted by Crippen LogP contribution is 2.25. The molecule has 0 bridgehead atoms. The van der Waals surface area contributed by atoms with E-state index in [2.05, 4.69) is 10.4 Å². The van der Waals surface area contributed by atoms with Gasteiger partial charge in [-0.3, -0.25) is 9.59 Å². The van der Waals surface area contributed by atoms with Crippen LogP contribution in [0.4, 0.5) is 5.69 Å². The van der Waals surface area contributed by atoms with Crippen LogP contribution in [0.2, 0.25) is 0 Å². The number of carbonyl (C=O) groups excluding carboxylic acids is 2. The molecule has 172 valence electrons. The second-order valence-electron chi connectivity index (χ2n) is 8.38. The fourth-order valence-electron chi connectivity index (χ4n) is 3.92. The fourth-order valence-corrected chi connectivity index (χ4v) is 3.92. The van der Waals surface area contributed by atoms with Crippen LogP contribution in [0.5, 0.6) is 0 Å². The first kappa shape index (κ1) is 23.0. The summed E-state index contributed by atoms with van der Waals surface area (Å²) in [5, 5.41) is 7.41. The molecule has 1 unspecified atom stereocenters. The molecule has 0 fully saturated rings. The summed E-state index contributed by atoms with van der Waals surface area (Å²) >= 11 is 0. The van der Waals surface area contributed by atoms with E-state index in [1.165, 1.54) is 0 Å². The Hall–Kier alpha value is -4.19. The average molecular weight is 453 g/mol. The summed E-state index contributed by atoms with van der Waals surface area (Å²) in [6.07, 6.45) is 1.63. The Morgan fingerprint density at radius 3 is 2.38 bits per heavy atom. The van der Waals surface area contributed by atoms with Gasteiger partial charge in [0.15, 0.2) is 0 Å². The number of aromatic nitrogens is 2. The zero-order valence-corrected chi connectivity index (χ0v) is 19.8. The second kappa shape index (κ2) is 9.75. The highest BCUT2D eigenvalue weighted by Gasteiger charge is 2.23. The van der Waals surface area contributed by atoms with E-state index in [0.717, 1.165) is 22.5 Å². The zero-order chi connectivity index (χ0) is 24.2. The van der Waals surface area contributed by atoms with Crippen molar-refractivity contribution in [3.8, 4) is 5.69 Å². The minimum atomic E-state index is -0.206. The first-order chi connectivity index (χ1) is 16.4. The van der Waals surface area contributed by atoms with Gasteiger partial charge in [0, 0.05) is 18.3 Å². The van der Waals surface area contributed by atoms with Gasteiger partial charge in [-0.05, 0) is 62.2 Å². The van der Waals surface area contributed by atoms with Crippen molar-refractivity contribution in [2.75, 3.05) is 12.4 Å². The summed E-state index contributed by atoms with van der Waals surface area (Å²) in [6.45, 7) is 5.90. The zero-order valence-electron chi connectivity index (χ0n) is 19.8. The van der Waals surface area contributed by atoms with Gasteiger partial charge in [0.2, 0.25) is 0 Å².